The minimum atomic E-state index is 0.174. The van der Waals surface area contributed by atoms with Gasteiger partial charge in [0.1, 0.15) is 10.5 Å². The van der Waals surface area contributed by atoms with Crippen LogP contribution in [0.1, 0.15) is 5.01 Å². The highest BCUT2D eigenvalue weighted by Crippen LogP contribution is 2.12. The summed E-state index contributed by atoms with van der Waals surface area (Å²) in [5.41, 5.74) is 13.0. The van der Waals surface area contributed by atoms with Crippen LogP contribution in [0.2, 0.25) is 0 Å². The number of hydrogen-bond acceptors (Lipinski definition) is 7. The lowest BCUT2D eigenvalue weighted by Gasteiger charge is -2.17. The molecule has 0 aliphatic carbocycles. The largest absolute Gasteiger partial charge is 0.370 e. The molecule has 0 fully saturated rings. The Hall–Kier alpha value is -2.06. The van der Waals surface area contributed by atoms with Crippen molar-refractivity contribution >= 4 is 35.0 Å². The molecule has 0 amide bonds. The van der Waals surface area contributed by atoms with Gasteiger partial charge in [0, 0.05) is 31.6 Å². The molecule has 0 aliphatic heterocycles. The highest BCUT2D eigenvalue weighted by molar-refractivity contribution is 7.98. The average Bonchev–Trinajstić information content (AvgIpc) is 3.00. The summed E-state index contributed by atoms with van der Waals surface area (Å²) in [6, 6.07) is 0. The van der Waals surface area contributed by atoms with Crippen molar-refractivity contribution in [3.05, 3.63) is 10.5 Å². The van der Waals surface area contributed by atoms with Crippen LogP contribution in [0.15, 0.2) is 15.5 Å². The first-order valence-corrected chi connectivity index (χ1v) is 8.47. The van der Waals surface area contributed by atoms with Gasteiger partial charge in [-0.25, -0.2) is 0 Å². The standard InChI is InChI=1S/C11H19N9S2/c1-20(11(14)17-7-12)4-2-15-10(13)16-3-5-21-6-9-19-18-8-22-9/h8H,2-6H2,1H3,(H2,14,17)(H3,13,15,16). The van der Waals surface area contributed by atoms with Crippen molar-refractivity contribution in [2.75, 3.05) is 32.4 Å². The van der Waals surface area contributed by atoms with E-state index in [2.05, 4.69) is 25.5 Å². The third-order valence-electron chi connectivity index (χ3n) is 2.46. The maximum Gasteiger partial charge on any atom is 0.209 e. The van der Waals surface area contributed by atoms with Crippen LogP contribution < -0.4 is 16.8 Å². The molecule has 1 rings (SSSR count). The maximum absolute atomic E-state index is 8.39. The molecule has 120 valence electrons. The Kier molecular flexibility index (Phi) is 8.70. The molecule has 1 heterocycles. The van der Waals surface area contributed by atoms with Gasteiger partial charge in [-0.15, -0.1) is 26.5 Å². The van der Waals surface area contributed by atoms with Gasteiger partial charge in [-0.2, -0.15) is 17.0 Å². The van der Waals surface area contributed by atoms with E-state index in [0.29, 0.717) is 25.6 Å². The highest BCUT2D eigenvalue weighted by atomic mass is 32.2. The monoisotopic (exact) mass is 341 g/mol. The zero-order valence-corrected chi connectivity index (χ0v) is 13.9. The van der Waals surface area contributed by atoms with E-state index in [4.69, 9.17) is 16.7 Å². The Morgan fingerprint density at radius 1 is 1.59 bits per heavy atom. The third kappa shape index (κ3) is 7.65. The number of rotatable bonds is 8. The fourth-order valence-corrected chi connectivity index (χ4v) is 2.74. The quantitative estimate of drug-likeness (QED) is 0.246. The van der Waals surface area contributed by atoms with Gasteiger partial charge in [0.2, 0.25) is 12.2 Å². The predicted octanol–water partition coefficient (Wildman–Crippen LogP) is -0.597. The molecular formula is C11H19N9S2. The van der Waals surface area contributed by atoms with E-state index in [1.54, 1.807) is 46.7 Å². The molecule has 0 aliphatic rings. The number of likely N-dealkylation sites (N-methyl/N-ethyl adjacent to an activating group) is 1. The van der Waals surface area contributed by atoms with Crippen LogP contribution in [0.3, 0.4) is 0 Å². The first-order valence-electron chi connectivity index (χ1n) is 6.43. The molecule has 9 nitrogen and oxygen atoms in total. The molecule has 0 radical (unpaired) electrons. The number of thioether (sulfide) groups is 1. The minimum absolute atomic E-state index is 0.174. The van der Waals surface area contributed by atoms with Crippen LogP contribution in [0.25, 0.3) is 0 Å². The lowest BCUT2D eigenvalue weighted by atomic mass is 10.5. The average molecular weight is 341 g/mol. The van der Waals surface area contributed by atoms with Gasteiger partial charge < -0.3 is 21.7 Å². The summed E-state index contributed by atoms with van der Waals surface area (Å²) in [4.78, 5) is 9.31. The topological polar surface area (TPSA) is 142 Å². The summed E-state index contributed by atoms with van der Waals surface area (Å²) in [6.45, 7) is 1.76. The smallest absolute Gasteiger partial charge is 0.209 e. The van der Waals surface area contributed by atoms with Crippen molar-refractivity contribution in [1.82, 2.24) is 20.4 Å². The molecule has 1 aromatic rings. The van der Waals surface area contributed by atoms with Crippen molar-refractivity contribution in [2.24, 2.45) is 21.5 Å². The number of aromatic nitrogens is 2. The molecule has 0 unspecified atom stereocenters. The van der Waals surface area contributed by atoms with Crippen LogP contribution in [0.5, 0.6) is 0 Å². The second kappa shape index (κ2) is 10.6. The molecule has 0 saturated carbocycles. The van der Waals surface area contributed by atoms with E-state index in [0.717, 1.165) is 16.5 Å². The maximum atomic E-state index is 8.39. The molecule has 0 atom stereocenters. The van der Waals surface area contributed by atoms with Crippen LogP contribution in [-0.2, 0) is 5.75 Å². The van der Waals surface area contributed by atoms with Crippen molar-refractivity contribution < 1.29 is 0 Å². The van der Waals surface area contributed by atoms with Crippen LogP contribution in [-0.4, -0.2) is 59.5 Å². The summed E-state index contributed by atoms with van der Waals surface area (Å²) in [7, 11) is 1.75. The number of nitriles is 1. The second-order valence-corrected chi connectivity index (χ2v) is 6.09. The molecule has 5 N–H and O–H groups in total. The summed E-state index contributed by atoms with van der Waals surface area (Å²) >= 11 is 3.28. The fraction of sp³-hybridized carbons (Fsp3) is 0.545. The molecule has 0 bridgehead atoms. The summed E-state index contributed by atoms with van der Waals surface area (Å²) < 4.78 is 0. The van der Waals surface area contributed by atoms with E-state index in [-0.39, 0.29) is 5.96 Å². The van der Waals surface area contributed by atoms with Gasteiger partial charge in [-0.3, -0.25) is 4.99 Å². The number of guanidine groups is 2. The van der Waals surface area contributed by atoms with Crippen LogP contribution in [0, 0.1) is 11.5 Å². The summed E-state index contributed by atoms with van der Waals surface area (Å²) in [5, 5.41) is 20.1. The fourth-order valence-electron chi connectivity index (χ4n) is 1.31. The molecule has 0 spiro atoms. The van der Waals surface area contributed by atoms with Crippen molar-refractivity contribution in [3.63, 3.8) is 0 Å². The summed E-state index contributed by atoms with van der Waals surface area (Å²) in [5.74, 6) is 2.27. The third-order valence-corrected chi connectivity index (χ3v) is 4.29. The number of aliphatic imine (C=N–C) groups is 2. The van der Waals surface area contributed by atoms with Gasteiger partial charge in [0.25, 0.3) is 0 Å². The van der Waals surface area contributed by atoms with Gasteiger partial charge >= 0.3 is 0 Å². The highest BCUT2D eigenvalue weighted by Gasteiger charge is 2.01. The second-order valence-electron chi connectivity index (χ2n) is 4.07. The number of hydrogen-bond donors (Lipinski definition) is 3. The molecule has 11 heteroatoms. The van der Waals surface area contributed by atoms with Crippen molar-refractivity contribution in [3.8, 4) is 6.19 Å². The first kappa shape index (κ1) is 18.0. The van der Waals surface area contributed by atoms with Gasteiger partial charge in [-0.1, -0.05) is 0 Å². The van der Waals surface area contributed by atoms with E-state index in [9.17, 15) is 0 Å². The zero-order chi connectivity index (χ0) is 16.2. The van der Waals surface area contributed by atoms with Crippen LogP contribution >= 0.6 is 23.1 Å². The van der Waals surface area contributed by atoms with Gasteiger partial charge in [0.15, 0.2) is 5.96 Å². The predicted molar refractivity (Wildman–Crippen MR) is 90.4 cm³/mol. The molecule has 0 saturated heterocycles. The lowest BCUT2D eigenvalue weighted by Crippen LogP contribution is -2.41. The Morgan fingerprint density at radius 3 is 3.09 bits per heavy atom. The van der Waals surface area contributed by atoms with Crippen molar-refractivity contribution in [2.45, 2.75) is 5.75 Å². The van der Waals surface area contributed by atoms with Crippen LogP contribution in [0.4, 0.5) is 0 Å². The Balaban J connectivity index is 2.10. The number of nitrogens with zero attached hydrogens (tertiary/aromatic N) is 6. The normalized spacial score (nSPS) is 12.0. The number of nitrogens with one attached hydrogen (secondary N) is 1. The van der Waals surface area contributed by atoms with E-state index < -0.39 is 0 Å². The molecule has 1 aromatic heterocycles. The van der Waals surface area contributed by atoms with Crippen molar-refractivity contribution in [1.29, 1.82) is 5.26 Å². The van der Waals surface area contributed by atoms with Gasteiger partial charge in [-0.05, 0) is 0 Å². The number of nitrogens with two attached hydrogens (primary N) is 2. The SMILES string of the molecule is CN(CCNC(N)=NCCSCc1nncs1)C(N)=NC#N. The Morgan fingerprint density at radius 2 is 2.41 bits per heavy atom. The van der Waals surface area contributed by atoms with E-state index in [1.165, 1.54) is 0 Å². The molecule has 0 aromatic carbocycles. The Bertz CT molecular complexity index is 520. The Labute approximate surface area is 137 Å². The first-order chi connectivity index (χ1) is 10.6. The minimum Gasteiger partial charge on any atom is -0.370 e. The van der Waals surface area contributed by atoms with E-state index >= 15 is 0 Å². The lowest BCUT2D eigenvalue weighted by molar-refractivity contribution is 0.498. The zero-order valence-electron chi connectivity index (χ0n) is 12.3. The van der Waals surface area contributed by atoms with Gasteiger partial charge in [0.05, 0.1) is 6.54 Å². The molecule has 22 heavy (non-hydrogen) atoms. The van der Waals surface area contributed by atoms with E-state index in [1.807, 2.05) is 0 Å². The summed E-state index contributed by atoms with van der Waals surface area (Å²) in [6.07, 6.45) is 1.64. The molecular weight excluding hydrogens is 322 g/mol.